The molecule has 2 rings (SSSR count). The molecule has 1 heterocycles. The standard InChI is InChI=1S/C13H12N4S/c1-2-7-17-9-10(8-15-16-13(14)18)11-5-3-4-6-12(11)17/h1,3-6,8-9H,7H2,(H3,14,16,18)/b15-8-. The number of thiocarbonyl (C=S) groups is 1. The first-order chi connectivity index (χ1) is 8.72. The number of fused-ring (bicyclic) bond motifs is 1. The number of terminal acetylenes is 1. The number of para-hydroxylation sites is 1. The Balaban J connectivity index is 2.42. The van der Waals surface area contributed by atoms with Crippen molar-refractivity contribution in [2.45, 2.75) is 6.54 Å². The van der Waals surface area contributed by atoms with Gasteiger partial charge in [-0.2, -0.15) is 5.10 Å². The Hall–Kier alpha value is -2.32. The van der Waals surface area contributed by atoms with Crippen LogP contribution in [0.5, 0.6) is 0 Å². The molecule has 0 aliphatic rings. The zero-order valence-electron chi connectivity index (χ0n) is 9.63. The van der Waals surface area contributed by atoms with Crippen molar-refractivity contribution in [2.75, 3.05) is 0 Å². The number of hydrogen-bond donors (Lipinski definition) is 2. The quantitative estimate of drug-likeness (QED) is 0.378. The number of nitrogens with zero attached hydrogens (tertiary/aromatic N) is 2. The smallest absolute Gasteiger partial charge is 0.184 e. The number of benzene rings is 1. The van der Waals surface area contributed by atoms with Crippen LogP contribution in [0, 0.1) is 12.3 Å². The van der Waals surface area contributed by atoms with Crippen molar-refractivity contribution in [3.8, 4) is 12.3 Å². The molecule has 18 heavy (non-hydrogen) atoms. The van der Waals surface area contributed by atoms with E-state index in [4.69, 9.17) is 12.2 Å². The predicted molar refractivity (Wildman–Crippen MR) is 78.3 cm³/mol. The molecule has 0 fully saturated rings. The number of hydrogen-bond acceptors (Lipinski definition) is 2. The van der Waals surface area contributed by atoms with E-state index >= 15 is 0 Å². The van der Waals surface area contributed by atoms with Gasteiger partial charge < -0.3 is 10.3 Å². The van der Waals surface area contributed by atoms with Crippen LogP contribution >= 0.6 is 12.2 Å². The number of hydrazone groups is 1. The molecule has 0 aliphatic carbocycles. The Morgan fingerprint density at radius 2 is 2.33 bits per heavy atom. The number of nitrogens with two attached hydrogens (primary N) is 1. The zero-order valence-corrected chi connectivity index (χ0v) is 10.4. The molecule has 0 radical (unpaired) electrons. The number of aromatic nitrogens is 1. The first-order valence-electron chi connectivity index (χ1n) is 5.32. The largest absolute Gasteiger partial charge is 0.375 e. The lowest BCUT2D eigenvalue weighted by atomic mass is 10.2. The SMILES string of the molecule is C#CCn1cc(/C=N\NC(N)=S)c2ccccc21. The number of rotatable bonds is 3. The highest BCUT2D eigenvalue weighted by molar-refractivity contribution is 7.80. The molecule has 90 valence electrons. The van der Waals surface area contributed by atoms with Crippen LogP contribution in [0.2, 0.25) is 0 Å². The van der Waals surface area contributed by atoms with Gasteiger partial charge in [0.2, 0.25) is 0 Å². The summed E-state index contributed by atoms with van der Waals surface area (Å²) in [5.74, 6) is 2.63. The molecule has 0 spiro atoms. The van der Waals surface area contributed by atoms with Gasteiger partial charge in [0.15, 0.2) is 5.11 Å². The summed E-state index contributed by atoms with van der Waals surface area (Å²) in [5, 5.41) is 5.18. The summed E-state index contributed by atoms with van der Waals surface area (Å²) in [5.41, 5.74) is 9.86. The molecule has 0 atom stereocenters. The summed E-state index contributed by atoms with van der Waals surface area (Å²) in [6.45, 7) is 0.525. The van der Waals surface area contributed by atoms with Crippen LogP contribution in [0.25, 0.3) is 10.9 Å². The van der Waals surface area contributed by atoms with Gasteiger partial charge in [-0.25, -0.2) is 0 Å². The van der Waals surface area contributed by atoms with Gasteiger partial charge in [-0.3, -0.25) is 5.43 Å². The van der Waals surface area contributed by atoms with E-state index in [1.807, 2.05) is 35.0 Å². The zero-order chi connectivity index (χ0) is 13.0. The van der Waals surface area contributed by atoms with Crippen molar-refractivity contribution in [1.29, 1.82) is 0 Å². The normalized spacial score (nSPS) is 10.6. The Kier molecular flexibility index (Phi) is 3.60. The summed E-state index contributed by atoms with van der Waals surface area (Å²) in [6, 6.07) is 7.99. The molecule has 1 aromatic carbocycles. The minimum Gasteiger partial charge on any atom is -0.375 e. The van der Waals surface area contributed by atoms with Crippen LogP contribution in [0.1, 0.15) is 5.56 Å². The van der Waals surface area contributed by atoms with Gasteiger partial charge in [0.25, 0.3) is 0 Å². The monoisotopic (exact) mass is 256 g/mol. The highest BCUT2D eigenvalue weighted by Crippen LogP contribution is 2.19. The molecule has 4 nitrogen and oxygen atoms in total. The van der Waals surface area contributed by atoms with Crippen LogP contribution in [-0.2, 0) is 6.54 Å². The minimum absolute atomic E-state index is 0.138. The summed E-state index contributed by atoms with van der Waals surface area (Å²) in [7, 11) is 0. The van der Waals surface area contributed by atoms with E-state index in [9.17, 15) is 0 Å². The Labute approximate surface area is 110 Å². The maximum Gasteiger partial charge on any atom is 0.184 e. The Bertz CT molecular complexity index is 649. The molecule has 5 heteroatoms. The lowest BCUT2D eigenvalue weighted by Gasteiger charge is -1.97. The van der Waals surface area contributed by atoms with E-state index in [1.54, 1.807) is 6.21 Å². The second-order valence-electron chi connectivity index (χ2n) is 3.67. The molecule has 0 unspecified atom stereocenters. The van der Waals surface area contributed by atoms with Gasteiger partial charge in [0, 0.05) is 22.7 Å². The highest BCUT2D eigenvalue weighted by atomic mass is 32.1. The van der Waals surface area contributed by atoms with Gasteiger partial charge in [-0.05, 0) is 18.3 Å². The van der Waals surface area contributed by atoms with Crippen molar-refractivity contribution < 1.29 is 0 Å². The van der Waals surface area contributed by atoms with Crippen molar-refractivity contribution in [2.24, 2.45) is 10.8 Å². The second-order valence-corrected chi connectivity index (χ2v) is 4.11. The Morgan fingerprint density at radius 3 is 3.06 bits per heavy atom. The third-order valence-corrected chi connectivity index (χ3v) is 2.55. The average Bonchev–Trinajstić information content (AvgIpc) is 2.69. The third-order valence-electron chi connectivity index (χ3n) is 2.46. The van der Waals surface area contributed by atoms with E-state index in [1.165, 1.54) is 0 Å². The second kappa shape index (κ2) is 5.34. The minimum atomic E-state index is 0.138. The van der Waals surface area contributed by atoms with E-state index < -0.39 is 0 Å². The first-order valence-corrected chi connectivity index (χ1v) is 5.73. The third kappa shape index (κ3) is 2.50. The topological polar surface area (TPSA) is 55.3 Å². The molecule has 0 aliphatic heterocycles. The summed E-state index contributed by atoms with van der Waals surface area (Å²) in [4.78, 5) is 0. The maximum atomic E-state index is 5.35. The molecule has 3 N–H and O–H groups in total. The number of nitrogens with one attached hydrogen (secondary N) is 1. The van der Waals surface area contributed by atoms with Crippen LogP contribution in [0.3, 0.4) is 0 Å². The molecule has 0 bridgehead atoms. The van der Waals surface area contributed by atoms with E-state index in [-0.39, 0.29) is 5.11 Å². The van der Waals surface area contributed by atoms with Gasteiger partial charge >= 0.3 is 0 Å². The lowest BCUT2D eigenvalue weighted by molar-refractivity contribution is 0.885. The summed E-state index contributed by atoms with van der Waals surface area (Å²) < 4.78 is 2.00. The summed E-state index contributed by atoms with van der Waals surface area (Å²) in [6.07, 6.45) is 8.98. The molecule has 0 saturated carbocycles. The van der Waals surface area contributed by atoms with Gasteiger partial charge in [0.1, 0.15) is 0 Å². The van der Waals surface area contributed by atoms with Gasteiger partial charge in [0.05, 0.1) is 12.8 Å². The van der Waals surface area contributed by atoms with Crippen LogP contribution < -0.4 is 11.2 Å². The molecule has 1 aromatic heterocycles. The maximum absolute atomic E-state index is 5.35. The van der Waals surface area contributed by atoms with Crippen molar-refractivity contribution in [1.82, 2.24) is 9.99 Å². The molecule has 0 saturated heterocycles. The molecule has 2 aromatic rings. The van der Waals surface area contributed by atoms with Gasteiger partial charge in [-0.15, -0.1) is 6.42 Å². The van der Waals surface area contributed by atoms with Crippen molar-refractivity contribution in [3.05, 3.63) is 36.0 Å². The highest BCUT2D eigenvalue weighted by Gasteiger charge is 2.05. The van der Waals surface area contributed by atoms with E-state index in [0.29, 0.717) is 6.54 Å². The molecular formula is C13H12N4S. The first kappa shape index (κ1) is 12.1. The fourth-order valence-electron chi connectivity index (χ4n) is 1.77. The van der Waals surface area contributed by atoms with E-state index in [0.717, 1.165) is 16.5 Å². The van der Waals surface area contributed by atoms with Crippen molar-refractivity contribution in [3.63, 3.8) is 0 Å². The van der Waals surface area contributed by atoms with Crippen molar-refractivity contribution >= 4 is 34.4 Å². The lowest BCUT2D eigenvalue weighted by Crippen LogP contribution is -2.23. The fraction of sp³-hybridized carbons (Fsp3) is 0.0769. The van der Waals surface area contributed by atoms with Crippen LogP contribution in [0.4, 0.5) is 0 Å². The van der Waals surface area contributed by atoms with Gasteiger partial charge in [-0.1, -0.05) is 24.1 Å². The van der Waals surface area contributed by atoms with Crippen LogP contribution in [-0.4, -0.2) is 15.9 Å². The molecule has 0 amide bonds. The fourth-order valence-corrected chi connectivity index (χ4v) is 1.83. The Morgan fingerprint density at radius 1 is 1.56 bits per heavy atom. The molecular weight excluding hydrogens is 244 g/mol. The average molecular weight is 256 g/mol. The summed E-state index contributed by atoms with van der Waals surface area (Å²) >= 11 is 4.67. The van der Waals surface area contributed by atoms with E-state index in [2.05, 4.69) is 28.7 Å². The predicted octanol–water partition coefficient (Wildman–Crippen LogP) is 1.44. The van der Waals surface area contributed by atoms with Crippen LogP contribution in [0.15, 0.2) is 35.6 Å².